The molecule has 0 aromatic heterocycles. The summed E-state index contributed by atoms with van der Waals surface area (Å²) in [5, 5.41) is 20.0. The van der Waals surface area contributed by atoms with Crippen molar-refractivity contribution in [3.63, 3.8) is 0 Å². The Morgan fingerprint density at radius 3 is 0.853 bits per heavy atom. The highest BCUT2D eigenvalue weighted by molar-refractivity contribution is 5.28. The van der Waals surface area contributed by atoms with Crippen LogP contribution in [0.1, 0.15) is 51.4 Å². The molecule has 4 bridgehead atoms. The van der Waals surface area contributed by atoms with Crippen molar-refractivity contribution in [2.45, 2.75) is 87.3 Å². The zero-order valence-corrected chi connectivity index (χ0v) is 17.4. The highest BCUT2D eigenvalue weighted by Crippen LogP contribution is 2.84. The van der Waals surface area contributed by atoms with Gasteiger partial charge in [0.1, 0.15) is 0 Å². The fraction of sp³-hybridized carbons (Fsp3) is 1.00. The van der Waals surface area contributed by atoms with Gasteiger partial charge < -0.3 is 10.2 Å². The second kappa shape index (κ2) is 6.89. The van der Waals surface area contributed by atoms with Gasteiger partial charge in [-0.2, -0.15) is 52.7 Å². The maximum Gasteiger partial charge on any atom is 0.426 e. The van der Waals surface area contributed by atoms with Crippen molar-refractivity contribution in [1.29, 1.82) is 0 Å². The summed E-state index contributed by atoms with van der Waals surface area (Å²) in [4.78, 5) is 0. The molecule has 4 aliphatic rings. The Labute approximate surface area is 185 Å². The summed E-state index contributed by atoms with van der Waals surface area (Å²) in [5.41, 5.74) is -15.2. The standard InChI is InChI=1S/C20H22F12O2/c21-17(22,23)15(33,18(24,25)26)7-13-9-1-2-10(5-9)14(13,12-4-3-11(13)6-12)8-16(34,19(27,28)29)20(30,31)32/h9-12,33-34H,1-8H2. The lowest BCUT2D eigenvalue weighted by Gasteiger charge is -2.60. The SMILES string of the molecule is OC(CC12C3CCC(C3)C1(CC(O)(C(F)(F)F)C(F)(F)F)C1CCC2C1)(C(F)(F)F)C(F)(F)F. The Morgan fingerprint density at radius 2 is 0.676 bits per heavy atom. The largest absolute Gasteiger partial charge is 0.426 e. The molecule has 0 spiro atoms. The molecule has 4 aliphatic carbocycles. The Morgan fingerprint density at radius 1 is 0.471 bits per heavy atom. The van der Waals surface area contributed by atoms with Gasteiger partial charge in [0.2, 0.25) is 0 Å². The summed E-state index contributed by atoms with van der Waals surface area (Å²) in [5.74, 6) is -4.08. The first-order valence-corrected chi connectivity index (χ1v) is 10.8. The van der Waals surface area contributed by atoms with Crippen molar-refractivity contribution in [3.05, 3.63) is 0 Å². The van der Waals surface area contributed by atoms with E-state index in [-0.39, 0.29) is 38.5 Å². The number of hydrogen-bond donors (Lipinski definition) is 2. The predicted octanol–water partition coefficient (Wildman–Crippen LogP) is 6.31. The minimum atomic E-state index is -6.26. The maximum absolute atomic E-state index is 13.7. The van der Waals surface area contributed by atoms with Crippen LogP contribution in [0.5, 0.6) is 0 Å². The second-order valence-corrected chi connectivity index (χ2v) is 10.6. The lowest BCUT2D eigenvalue weighted by Crippen LogP contribution is -2.67. The Balaban J connectivity index is 1.93. The molecule has 4 unspecified atom stereocenters. The van der Waals surface area contributed by atoms with Crippen LogP contribution in [0, 0.1) is 34.5 Å². The topological polar surface area (TPSA) is 40.5 Å². The number of halogens is 12. The van der Waals surface area contributed by atoms with Gasteiger partial charge in [0, 0.05) is 12.8 Å². The third kappa shape index (κ3) is 2.92. The molecule has 2 N–H and O–H groups in total. The summed E-state index contributed by atoms with van der Waals surface area (Å²) < 4.78 is 164. The van der Waals surface area contributed by atoms with Crippen molar-refractivity contribution in [1.82, 2.24) is 0 Å². The lowest BCUT2D eigenvalue weighted by molar-refractivity contribution is -0.394. The maximum atomic E-state index is 13.7. The first kappa shape index (κ1) is 26.2. The van der Waals surface area contributed by atoms with Gasteiger partial charge in [0.25, 0.3) is 11.2 Å². The molecule has 0 aromatic carbocycles. The lowest BCUT2D eigenvalue weighted by atomic mass is 9.45. The van der Waals surface area contributed by atoms with Gasteiger partial charge in [-0.3, -0.25) is 0 Å². The van der Waals surface area contributed by atoms with E-state index in [1.54, 1.807) is 0 Å². The van der Waals surface area contributed by atoms with Crippen molar-refractivity contribution in [2.24, 2.45) is 34.5 Å². The minimum absolute atomic E-state index is 0.0396. The Hall–Kier alpha value is -0.920. The van der Waals surface area contributed by atoms with Crippen LogP contribution >= 0.6 is 0 Å². The molecule has 198 valence electrons. The van der Waals surface area contributed by atoms with Crippen LogP contribution < -0.4 is 0 Å². The number of hydrogen-bond acceptors (Lipinski definition) is 2. The van der Waals surface area contributed by atoms with Crippen molar-refractivity contribution in [3.8, 4) is 0 Å². The molecule has 4 fully saturated rings. The van der Waals surface area contributed by atoms with E-state index in [4.69, 9.17) is 0 Å². The van der Waals surface area contributed by atoms with E-state index in [9.17, 15) is 62.9 Å². The monoisotopic (exact) mass is 522 g/mol. The van der Waals surface area contributed by atoms with Crippen LogP contribution in [0.15, 0.2) is 0 Å². The van der Waals surface area contributed by atoms with Crippen molar-refractivity contribution < 1.29 is 62.9 Å². The molecule has 34 heavy (non-hydrogen) atoms. The summed E-state index contributed by atoms with van der Waals surface area (Å²) in [6.45, 7) is 0. The van der Waals surface area contributed by atoms with Crippen LogP contribution in [-0.2, 0) is 0 Å². The third-order valence-electron chi connectivity index (χ3n) is 9.62. The average Bonchev–Trinajstić information content (AvgIpc) is 3.37. The molecule has 14 heteroatoms. The first-order valence-electron chi connectivity index (χ1n) is 10.8. The van der Waals surface area contributed by atoms with Crippen LogP contribution in [-0.4, -0.2) is 46.1 Å². The fourth-order valence-electron chi connectivity index (χ4n) is 8.50. The van der Waals surface area contributed by atoms with E-state index in [1.807, 2.05) is 0 Å². The Kier molecular flexibility index (Phi) is 5.30. The molecular weight excluding hydrogens is 500 g/mol. The van der Waals surface area contributed by atoms with E-state index in [2.05, 4.69) is 0 Å². The van der Waals surface area contributed by atoms with E-state index in [1.165, 1.54) is 0 Å². The molecule has 4 atom stereocenters. The third-order valence-corrected chi connectivity index (χ3v) is 9.62. The van der Waals surface area contributed by atoms with E-state index in [0.717, 1.165) is 0 Å². The van der Waals surface area contributed by atoms with E-state index in [0.29, 0.717) is 0 Å². The summed E-state index contributed by atoms with van der Waals surface area (Å²) in [6, 6.07) is 0. The van der Waals surface area contributed by atoms with Gasteiger partial charge in [0.05, 0.1) is 0 Å². The number of fused-ring (bicyclic) bond motifs is 9. The quantitative estimate of drug-likeness (QED) is 0.336. The predicted molar refractivity (Wildman–Crippen MR) is 89.9 cm³/mol. The minimum Gasteiger partial charge on any atom is -0.374 e. The highest BCUT2D eigenvalue weighted by atomic mass is 19.4. The number of rotatable bonds is 4. The Bertz CT molecular complexity index is 707. The molecule has 0 aromatic rings. The van der Waals surface area contributed by atoms with Gasteiger partial charge in [-0.1, -0.05) is 0 Å². The smallest absolute Gasteiger partial charge is 0.374 e. The molecule has 4 saturated carbocycles. The highest BCUT2D eigenvalue weighted by Gasteiger charge is 2.85. The zero-order valence-electron chi connectivity index (χ0n) is 17.4. The molecule has 0 aliphatic heterocycles. The molecule has 0 heterocycles. The van der Waals surface area contributed by atoms with Crippen LogP contribution in [0.25, 0.3) is 0 Å². The van der Waals surface area contributed by atoms with Crippen molar-refractivity contribution in [2.75, 3.05) is 0 Å². The molecule has 4 rings (SSSR count). The number of aliphatic hydroxyl groups is 2. The average molecular weight is 522 g/mol. The molecular formula is C20H22F12O2. The van der Waals surface area contributed by atoms with Crippen LogP contribution in [0.3, 0.4) is 0 Å². The van der Waals surface area contributed by atoms with Gasteiger partial charge >= 0.3 is 24.7 Å². The van der Waals surface area contributed by atoms with Crippen LogP contribution in [0.2, 0.25) is 0 Å². The normalized spacial score (nSPS) is 38.6. The van der Waals surface area contributed by atoms with Gasteiger partial charge in [0.15, 0.2) is 0 Å². The molecule has 0 saturated heterocycles. The fourth-order valence-corrected chi connectivity index (χ4v) is 8.50. The van der Waals surface area contributed by atoms with Crippen molar-refractivity contribution >= 4 is 0 Å². The summed E-state index contributed by atoms with van der Waals surface area (Å²) in [7, 11) is 0. The van der Waals surface area contributed by atoms with Crippen LogP contribution in [0.4, 0.5) is 52.7 Å². The second-order valence-electron chi connectivity index (χ2n) is 10.6. The number of alkyl halides is 12. The summed E-state index contributed by atoms with van der Waals surface area (Å²) >= 11 is 0. The molecule has 0 radical (unpaired) electrons. The zero-order chi connectivity index (χ0) is 26.0. The molecule has 0 amide bonds. The first-order chi connectivity index (χ1) is 15.1. The van der Waals surface area contributed by atoms with E-state index >= 15 is 0 Å². The van der Waals surface area contributed by atoms with Gasteiger partial charge in [-0.25, -0.2) is 0 Å². The summed E-state index contributed by atoms with van der Waals surface area (Å²) in [6.07, 6.45) is -29.3. The molecule has 2 nitrogen and oxygen atoms in total. The van der Waals surface area contributed by atoms with Gasteiger partial charge in [-0.05, 0) is 73.0 Å². The van der Waals surface area contributed by atoms with E-state index < -0.39 is 83.3 Å². The van der Waals surface area contributed by atoms with Gasteiger partial charge in [-0.15, -0.1) is 0 Å².